The first-order chi connectivity index (χ1) is 14.4. The molecule has 0 unspecified atom stereocenters. The van der Waals surface area contributed by atoms with Gasteiger partial charge in [0.05, 0.1) is 29.4 Å². The van der Waals surface area contributed by atoms with Gasteiger partial charge in [-0.05, 0) is 34.1 Å². The minimum Gasteiger partial charge on any atom is -0.373 e. The van der Waals surface area contributed by atoms with E-state index in [1.807, 2.05) is 4.90 Å². The van der Waals surface area contributed by atoms with Gasteiger partial charge in [-0.15, -0.1) is 0 Å². The fourth-order valence-corrected chi connectivity index (χ4v) is 3.31. The van der Waals surface area contributed by atoms with Gasteiger partial charge < -0.3 is 9.64 Å². The number of ether oxygens (including phenoxy) is 1. The van der Waals surface area contributed by atoms with Crippen LogP contribution in [0.2, 0.25) is 0 Å². The lowest BCUT2D eigenvalue weighted by Gasteiger charge is -2.32. The summed E-state index contributed by atoms with van der Waals surface area (Å²) >= 11 is 3.29. The van der Waals surface area contributed by atoms with E-state index in [1.54, 1.807) is 12.4 Å². The molecule has 0 aliphatic carbocycles. The molecule has 4 rings (SSSR count). The summed E-state index contributed by atoms with van der Waals surface area (Å²) in [5.74, 6) is -3.67. The second kappa shape index (κ2) is 8.52. The van der Waals surface area contributed by atoms with E-state index in [9.17, 15) is 18.0 Å². The normalized spacial score (nSPS) is 16.7. The second-order valence-electron chi connectivity index (χ2n) is 6.63. The van der Waals surface area contributed by atoms with Crippen LogP contribution in [0.1, 0.15) is 0 Å². The standard InChI is InChI=1S/C19H15BrF3N5O2/c20-12-7-24-19(25-8-12)27-3-4-30-13(9-27)10-28-17(29)2-1-16(26-28)11-5-14(21)18(23)15(22)6-11/h1-2,5-8,13H,3-4,9-10H2/t13-/m0/s1. The van der Waals surface area contributed by atoms with Gasteiger partial charge in [0.25, 0.3) is 5.56 Å². The zero-order chi connectivity index (χ0) is 21.3. The van der Waals surface area contributed by atoms with Crippen LogP contribution in [0.15, 0.2) is 45.9 Å². The zero-order valence-corrected chi connectivity index (χ0v) is 17.0. The molecule has 1 fully saturated rings. The molecular weight excluding hydrogens is 467 g/mol. The molecule has 1 aliphatic rings. The summed E-state index contributed by atoms with van der Waals surface area (Å²) < 4.78 is 48.0. The van der Waals surface area contributed by atoms with Crippen molar-refractivity contribution in [2.45, 2.75) is 12.6 Å². The van der Waals surface area contributed by atoms with Gasteiger partial charge in [-0.25, -0.2) is 27.8 Å². The summed E-state index contributed by atoms with van der Waals surface area (Å²) in [5, 5.41) is 4.17. The highest BCUT2D eigenvalue weighted by molar-refractivity contribution is 9.10. The number of nitrogens with zero attached hydrogens (tertiary/aromatic N) is 5. The molecule has 0 N–H and O–H groups in total. The van der Waals surface area contributed by atoms with Crippen LogP contribution in [0.5, 0.6) is 0 Å². The Morgan fingerprint density at radius 1 is 1.13 bits per heavy atom. The zero-order valence-electron chi connectivity index (χ0n) is 15.4. The Morgan fingerprint density at radius 3 is 2.53 bits per heavy atom. The van der Waals surface area contributed by atoms with Crippen LogP contribution in [0.4, 0.5) is 19.1 Å². The van der Waals surface area contributed by atoms with Gasteiger partial charge >= 0.3 is 0 Å². The third kappa shape index (κ3) is 4.36. The summed E-state index contributed by atoms with van der Waals surface area (Å²) in [5.41, 5.74) is -0.242. The topological polar surface area (TPSA) is 73.1 Å². The minimum absolute atomic E-state index is 0.0228. The van der Waals surface area contributed by atoms with E-state index in [2.05, 4.69) is 31.0 Å². The number of halogens is 4. The number of morpholine rings is 1. The van der Waals surface area contributed by atoms with Crippen LogP contribution in [-0.4, -0.2) is 45.5 Å². The van der Waals surface area contributed by atoms with Crippen LogP contribution < -0.4 is 10.5 Å². The van der Waals surface area contributed by atoms with Crippen LogP contribution >= 0.6 is 15.9 Å². The van der Waals surface area contributed by atoms with Crippen molar-refractivity contribution in [2.75, 3.05) is 24.6 Å². The summed E-state index contributed by atoms with van der Waals surface area (Å²) in [6.45, 7) is 1.55. The van der Waals surface area contributed by atoms with E-state index in [4.69, 9.17) is 4.74 Å². The Bertz CT molecular complexity index is 1100. The van der Waals surface area contributed by atoms with Crippen molar-refractivity contribution < 1.29 is 17.9 Å². The highest BCUT2D eigenvalue weighted by Gasteiger charge is 2.24. The molecule has 3 aromatic rings. The number of hydrogen-bond acceptors (Lipinski definition) is 6. The molecular formula is C19H15BrF3N5O2. The molecule has 1 saturated heterocycles. The maximum absolute atomic E-state index is 13.6. The molecule has 11 heteroatoms. The molecule has 1 aliphatic heterocycles. The van der Waals surface area contributed by atoms with E-state index >= 15 is 0 Å². The SMILES string of the molecule is O=c1ccc(-c2cc(F)c(F)c(F)c2)nn1C[C@@H]1CN(c2ncc(Br)cn2)CCO1. The molecule has 0 radical (unpaired) electrons. The first-order valence-corrected chi connectivity index (χ1v) is 9.77. The second-order valence-corrected chi connectivity index (χ2v) is 7.55. The van der Waals surface area contributed by atoms with E-state index in [1.165, 1.54) is 12.1 Å². The highest BCUT2D eigenvalue weighted by Crippen LogP contribution is 2.22. The summed E-state index contributed by atoms with van der Waals surface area (Å²) in [4.78, 5) is 22.7. The van der Waals surface area contributed by atoms with Crippen molar-refractivity contribution in [1.29, 1.82) is 0 Å². The predicted molar refractivity (Wildman–Crippen MR) is 105 cm³/mol. The largest absolute Gasteiger partial charge is 0.373 e. The molecule has 1 aromatic carbocycles. The molecule has 1 atom stereocenters. The maximum atomic E-state index is 13.6. The molecule has 30 heavy (non-hydrogen) atoms. The Labute approximate surface area is 177 Å². The Morgan fingerprint density at radius 2 is 1.83 bits per heavy atom. The Balaban J connectivity index is 1.55. The number of rotatable bonds is 4. The number of hydrogen-bond donors (Lipinski definition) is 0. The van der Waals surface area contributed by atoms with Crippen LogP contribution in [0, 0.1) is 17.5 Å². The number of aromatic nitrogens is 4. The lowest BCUT2D eigenvalue weighted by molar-refractivity contribution is 0.0260. The molecule has 0 amide bonds. The average Bonchev–Trinajstić information content (AvgIpc) is 2.74. The maximum Gasteiger partial charge on any atom is 0.266 e. The molecule has 0 spiro atoms. The number of benzene rings is 1. The summed E-state index contributed by atoms with van der Waals surface area (Å²) in [6, 6.07) is 4.23. The van der Waals surface area contributed by atoms with Gasteiger partial charge in [-0.2, -0.15) is 5.10 Å². The van der Waals surface area contributed by atoms with Gasteiger partial charge in [0.2, 0.25) is 5.95 Å². The van der Waals surface area contributed by atoms with Crippen LogP contribution in [-0.2, 0) is 11.3 Å². The van der Waals surface area contributed by atoms with Gasteiger partial charge in [0.1, 0.15) is 0 Å². The molecule has 2 aromatic heterocycles. The number of anilines is 1. The van der Waals surface area contributed by atoms with Crippen molar-refractivity contribution in [3.63, 3.8) is 0 Å². The average molecular weight is 482 g/mol. The molecule has 156 valence electrons. The third-order valence-corrected chi connectivity index (χ3v) is 4.96. The lowest BCUT2D eigenvalue weighted by atomic mass is 10.1. The van der Waals surface area contributed by atoms with E-state index in [0.717, 1.165) is 21.3 Å². The lowest BCUT2D eigenvalue weighted by Crippen LogP contribution is -2.46. The van der Waals surface area contributed by atoms with Gasteiger partial charge in [-0.1, -0.05) is 0 Å². The first-order valence-electron chi connectivity index (χ1n) is 8.98. The highest BCUT2D eigenvalue weighted by atomic mass is 79.9. The predicted octanol–water partition coefficient (Wildman–Crippen LogP) is 2.79. The van der Waals surface area contributed by atoms with Crippen LogP contribution in [0.3, 0.4) is 0 Å². The van der Waals surface area contributed by atoms with Crippen molar-refractivity contribution in [1.82, 2.24) is 19.7 Å². The fraction of sp³-hybridized carbons (Fsp3) is 0.263. The van der Waals surface area contributed by atoms with E-state index in [-0.39, 0.29) is 23.9 Å². The van der Waals surface area contributed by atoms with E-state index in [0.29, 0.717) is 25.6 Å². The van der Waals surface area contributed by atoms with Gasteiger partial charge in [-0.3, -0.25) is 4.79 Å². The molecule has 0 saturated carbocycles. The third-order valence-electron chi connectivity index (χ3n) is 4.55. The quantitative estimate of drug-likeness (QED) is 0.533. The first kappa shape index (κ1) is 20.5. The van der Waals surface area contributed by atoms with Crippen molar-refractivity contribution >= 4 is 21.9 Å². The Kier molecular flexibility index (Phi) is 5.82. The monoisotopic (exact) mass is 481 g/mol. The van der Waals surface area contributed by atoms with E-state index < -0.39 is 23.0 Å². The minimum atomic E-state index is -1.56. The summed E-state index contributed by atoms with van der Waals surface area (Å²) in [6.07, 6.45) is 2.90. The smallest absolute Gasteiger partial charge is 0.266 e. The van der Waals surface area contributed by atoms with Crippen LogP contribution in [0.25, 0.3) is 11.3 Å². The van der Waals surface area contributed by atoms with Crippen molar-refractivity contribution in [3.8, 4) is 11.3 Å². The van der Waals surface area contributed by atoms with Crippen molar-refractivity contribution in [2.24, 2.45) is 0 Å². The van der Waals surface area contributed by atoms with Gasteiger partial charge in [0.15, 0.2) is 17.5 Å². The summed E-state index contributed by atoms with van der Waals surface area (Å²) in [7, 11) is 0. The Hall–Kier alpha value is -2.79. The van der Waals surface area contributed by atoms with Gasteiger partial charge in [0, 0.05) is 37.1 Å². The molecule has 7 nitrogen and oxygen atoms in total. The molecule has 0 bridgehead atoms. The van der Waals surface area contributed by atoms with Crippen molar-refractivity contribution in [3.05, 3.63) is 68.9 Å². The molecule has 3 heterocycles. The fourth-order valence-electron chi connectivity index (χ4n) is 3.11.